The van der Waals surface area contributed by atoms with Gasteiger partial charge >= 0.3 is 6.09 Å². The molecule has 1 amide bonds. The first-order valence-corrected chi connectivity index (χ1v) is 6.54. The van der Waals surface area contributed by atoms with Crippen molar-refractivity contribution in [2.24, 2.45) is 0 Å². The summed E-state index contributed by atoms with van der Waals surface area (Å²) in [5, 5.41) is 3.31. The van der Waals surface area contributed by atoms with Gasteiger partial charge in [-0.2, -0.15) is 0 Å². The molecular formula is C14H20N2O2. The monoisotopic (exact) mass is 248 g/mol. The van der Waals surface area contributed by atoms with Gasteiger partial charge in [0.15, 0.2) is 0 Å². The lowest BCUT2D eigenvalue weighted by Crippen LogP contribution is -2.46. The highest BCUT2D eigenvalue weighted by Gasteiger charge is 2.27. The van der Waals surface area contributed by atoms with E-state index in [2.05, 4.69) is 5.32 Å². The van der Waals surface area contributed by atoms with Crippen LogP contribution in [0, 0.1) is 0 Å². The molecule has 98 valence electrons. The van der Waals surface area contributed by atoms with Crippen LogP contribution in [0.5, 0.6) is 0 Å². The molecule has 4 heteroatoms. The number of hydrogen-bond acceptors (Lipinski definition) is 3. The summed E-state index contributed by atoms with van der Waals surface area (Å²) in [7, 11) is 0. The predicted molar refractivity (Wildman–Crippen MR) is 71.8 cm³/mol. The Balaban J connectivity index is 2.19. The number of carbonyl (C=O) groups excluding carboxylic acids is 1. The van der Waals surface area contributed by atoms with Crippen molar-refractivity contribution in [3.8, 4) is 0 Å². The molecule has 1 heterocycles. The summed E-state index contributed by atoms with van der Waals surface area (Å²) < 4.78 is 5.18. The number of nitrogens with one attached hydrogen (secondary N) is 1. The molecule has 1 N–H and O–H groups in total. The smallest absolute Gasteiger partial charge is 0.414 e. The third-order valence-corrected chi connectivity index (χ3v) is 3.17. The van der Waals surface area contributed by atoms with Crippen LogP contribution < -0.4 is 10.2 Å². The van der Waals surface area contributed by atoms with Crippen LogP contribution in [-0.4, -0.2) is 31.8 Å². The van der Waals surface area contributed by atoms with Crippen molar-refractivity contribution < 1.29 is 9.53 Å². The molecule has 1 fully saturated rings. The predicted octanol–water partition coefficient (Wildman–Crippen LogP) is 2.40. The fraction of sp³-hybridized carbons (Fsp3) is 0.500. The van der Waals surface area contributed by atoms with Gasteiger partial charge in [0.1, 0.15) is 0 Å². The summed E-state index contributed by atoms with van der Waals surface area (Å²) in [6, 6.07) is 9.99. The molecule has 0 radical (unpaired) electrons. The number of piperidine rings is 1. The highest BCUT2D eigenvalue weighted by molar-refractivity contribution is 5.88. The molecule has 1 aliphatic rings. The molecule has 1 aliphatic heterocycles. The van der Waals surface area contributed by atoms with Crippen LogP contribution in [0.1, 0.15) is 19.8 Å². The summed E-state index contributed by atoms with van der Waals surface area (Å²) in [6.07, 6.45) is 1.69. The Morgan fingerprint density at radius 1 is 1.33 bits per heavy atom. The van der Waals surface area contributed by atoms with Gasteiger partial charge in [0.05, 0.1) is 6.61 Å². The Labute approximate surface area is 108 Å². The van der Waals surface area contributed by atoms with E-state index in [0.29, 0.717) is 6.61 Å². The summed E-state index contributed by atoms with van der Waals surface area (Å²) >= 11 is 0. The van der Waals surface area contributed by atoms with Crippen LogP contribution in [0.2, 0.25) is 0 Å². The lowest BCUT2D eigenvalue weighted by atomic mass is 10.0. The lowest BCUT2D eigenvalue weighted by molar-refractivity contribution is 0.155. The second-order valence-electron chi connectivity index (χ2n) is 4.39. The summed E-state index contributed by atoms with van der Waals surface area (Å²) in [5.74, 6) is 0. The van der Waals surface area contributed by atoms with Crippen LogP contribution >= 0.6 is 0 Å². The van der Waals surface area contributed by atoms with E-state index in [1.165, 1.54) is 0 Å². The maximum absolute atomic E-state index is 12.1. The zero-order valence-electron chi connectivity index (χ0n) is 10.8. The van der Waals surface area contributed by atoms with Crippen LogP contribution in [0.15, 0.2) is 30.3 Å². The van der Waals surface area contributed by atoms with Crippen molar-refractivity contribution >= 4 is 11.8 Å². The van der Waals surface area contributed by atoms with Crippen molar-refractivity contribution in [1.82, 2.24) is 5.32 Å². The Hall–Kier alpha value is -1.55. The average Bonchev–Trinajstić information content (AvgIpc) is 2.42. The van der Waals surface area contributed by atoms with Crippen LogP contribution in [0.3, 0.4) is 0 Å². The number of benzene rings is 1. The van der Waals surface area contributed by atoms with Gasteiger partial charge in [-0.15, -0.1) is 0 Å². The number of nitrogens with zero attached hydrogens (tertiary/aromatic N) is 1. The Morgan fingerprint density at radius 3 is 2.61 bits per heavy atom. The zero-order chi connectivity index (χ0) is 12.8. The van der Waals surface area contributed by atoms with E-state index in [1.54, 1.807) is 4.90 Å². The number of hydrogen-bond donors (Lipinski definition) is 1. The molecule has 4 nitrogen and oxygen atoms in total. The minimum Gasteiger partial charge on any atom is -0.449 e. The largest absolute Gasteiger partial charge is 0.449 e. The maximum Gasteiger partial charge on any atom is 0.414 e. The van der Waals surface area contributed by atoms with Gasteiger partial charge in [-0.3, -0.25) is 4.90 Å². The molecule has 0 unspecified atom stereocenters. The molecule has 1 saturated heterocycles. The molecule has 0 saturated carbocycles. The molecule has 0 bridgehead atoms. The molecule has 0 spiro atoms. The second kappa shape index (κ2) is 6.40. The first kappa shape index (κ1) is 12.9. The zero-order valence-corrected chi connectivity index (χ0v) is 10.8. The summed E-state index contributed by atoms with van der Waals surface area (Å²) in [6.45, 7) is 4.15. The van der Waals surface area contributed by atoms with Gasteiger partial charge in [-0.05, 0) is 45.0 Å². The summed E-state index contributed by atoms with van der Waals surface area (Å²) in [4.78, 5) is 13.9. The van der Waals surface area contributed by atoms with Gasteiger partial charge in [0, 0.05) is 11.7 Å². The molecule has 2 rings (SSSR count). The van der Waals surface area contributed by atoms with E-state index in [0.717, 1.165) is 31.6 Å². The quantitative estimate of drug-likeness (QED) is 0.893. The number of para-hydroxylation sites is 1. The van der Waals surface area contributed by atoms with Gasteiger partial charge in [-0.25, -0.2) is 4.79 Å². The normalized spacial score (nSPS) is 16.3. The van der Waals surface area contributed by atoms with Crippen LogP contribution in [0.4, 0.5) is 10.5 Å². The minimum atomic E-state index is -0.240. The second-order valence-corrected chi connectivity index (χ2v) is 4.39. The van der Waals surface area contributed by atoms with Crippen molar-refractivity contribution in [3.63, 3.8) is 0 Å². The summed E-state index contributed by atoms with van der Waals surface area (Å²) in [5.41, 5.74) is 0.919. The van der Waals surface area contributed by atoms with E-state index in [9.17, 15) is 4.79 Å². The Morgan fingerprint density at radius 2 is 2.00 bits per heavy atom. The van der Waals surface area contributed by atoms with Gasteiger partial charge < -0.3 is 10.1 Å². The van der Waals surface area contributed by atoms with Crippen LogP contribution in [-0.2, 0) is 4.74 Å². The van der Waals surface area contributed by atoms with Crippen molar-refractivity contribution in [3.05, 3.63) is 30.3 Å². The number of anilines is 1. The fourth-order valence-electron chi connectivity index (χ4n) is 2.31. The SMILES string of the molecule is CCOC(=O)N(c1ccccc1)C1CCNCC1. The average molecular weight is 248 g/mol. The topological polar surface area (TPSA) is 41.6 Å². The molecule has 18 heavy (non-hydrogen) atoms. The van der Waals surface area contributed by atoms with Crippen molar-refractivity contribution in [1.29, 1.82) is 0 Å². The Kier molecular flexibility index (Phi) is 4.59. The highest BCUT2D eigenvalue weighted by Crippen LogP contribution is 2.22. The van der Waals surface area contributed by atoms with E-state index in [1.807, 2.05) is 37.3 Å². The molecule has 1 aromatic rings. The van der Waals surface area contributed by atoms with Gasteiger partial charge in [-0.1, -0.05) is 18.2 Å². The van der Waals surface area contributed by atoms with E-state index >= 15 is 0 Å². The highest BCUT2D eigenvalue weighted by atomic mass is 16.6. The molecule has 0 aromatic heterocycles. The first-order valence-electron chi connectivity index (χ1n) is 6.54. The molecule has 0 atom stereocenters. The fourth-order valence-corrected chi connectivity index (χ4v) is 2.31. The lowest BCUT2D eigenvalue weighted by Gasteiger charge is -2.33. The minimum absolute atomic E-state index is 0.229. The third kappa shape index (κ3) is 3.01. The van der Waals surface area contributed by atoms with Crippen molar-refractivity contribution in [2.45, 2.75) is 25.8 Å². The van der Waals surface area contributed by atoms with Crippen LogP contribution in [0.25, 0.3) is 0 Å². The van der Waals surface area contributed by atoms with Crippen molar-refractivity contribution in [2.75, 3.05) is 24.6 Å². The van der Waals surface area contributed by atoms with Gasteiger partial charge in [0.2, 0.25) is 0 Å². The maximum atomic E-state index is 12.1. The number of amides is 1. The van der Waals surface area contributed by atoms with E-state index < -0.39 is 0 Å². The van der Waals surface area contributed by atoms with Gasteiger partial charge in [0.25, 0.3) is 0 Å². The first-order chi connectivity index (χ1) is 8.83. The third-order valence-electron chi connectivity index (χ3n) is 3.17. The number of ether oxygens (including phenoxy) is 1. The molecule has 1 aromatic carbocycles. The molecule has 0 aliphatic carbocycles. The number of carbonyl (C=O) groups is 1. The number of rotatable bonds is 3. The van der Waals surface area contributed by atoms with E-state index in [-0.39, 0.29) is 12.1 Å². The standard InChI is InChI=1S/C14H20N2O2/c1-2-18-14(17)16(12-6-4-3-5-7-12)13-8-10-15-11-9-13/h3-7,13,15H,2,8-11H2,1H3. The molecular weight excluding hydrogens is 228 g/mol. The van der Waals surface area contributed by atoms with E-state index in [4.69, 9.17) is 4.74 Å². The Bertz CT molecular complexity index is 375.